The fourth-order valence-corrected chi connectivity index (χ4v) is 3.41. The van der Waals surface area contributed by atoms with Gasteiger partial charge in [-0.1, -0.05) is 18.5 Å². The van der Waals surface area contributed by atoms with E-state index in [2.05, 4.69) is 27.1 Å². The van der Waals surface area contributed by atoms with E-state index in [1.807, 2.05) is 19.9 Å². The molecule has 0 aliphatic carbocycles. The van der Waals surface area contributed by atoms with Gasteiger partial charge in [-0.2, -0.15) is 0 Å². The van der Waals surface area contributed by atoms with Gasteiger partial charge < -0.3 is 10.2 Å². The van der Waals surface area contributed by atoms with Crippen LogP contribution in [0.1, 0.15) is 41.6 Å². The lowest BCUT2D eigenvalue weighted by atomic mass is 10.0. The summed E-state index contributed by atoms with van der Waals surface area (Å²) in [5.41, 5.74) is 2.03. The first-order valence-corrected chi connectivity index (χ1v) is 8.98. The van der Waals surface area contributed by atoms with Gasteiger partial charge in [-0.05, 0) is 56.4 Å². The molecule has 2 aromatic rings. The zero-order valence-corrected chi connectivity index (χ0v) is 15.6. The number of hydrogen-bond acceptors (Lipinski definition) is 4. The van der Waals surface area contributed by atoms with Crippen LogP contribution in [0.5, 0.6) is 0 Å². The molecule has 1 atom stereocenters. The maximum Gasteiger partial charge on any atom is 0.274 e. The highest BCUT2D eigenvalue weighted by molar-refractivity contribution is 6.30. The van der Waals surface area contributed by atoms with Gasteiger partial charge in [0.15, 0.2) is 0 Å². The molecule has 1 aliphatic rings. The van der Waals surface area contributed by atoms with Crippen molar-refractivity contribution in [2.75, 3.05) is 23.3 Å². The molecule has 132 valence electrons. The number of nitrogens with zero attached hydrogens (tertiary/aromatic N) is 3. The van der Waals surface area contributed by atoms with E-state index in [4.69, 9.17) is 11.6 Å². The van der Waals surface area contributed by atoms with Crippen LogP contribution in [-0.4, -0.2) is 29.0 Å². The highest BCUT2D eigenvalue weighted by atomic mass is 35.5. The molecular weight excluding hydrogens is 336 g/mol. The topological polar surface area (TPSA) is 58.1 Å². The van der Waals surface area contributed by atoms with E-state index in [9.17, 15) is 4.79 Å². The Morgan fingerprint density at radius 3 is 2.80 bits per heavy atom. The number of carbonyl (C=O) groups excluding carboxylic acids is 1. The van der Waals surface area contributed by atoms with Crippen molar-refractivity contribution in [3.8, 4) is 0 Å². The van der Waals surface area contributed by atoms with Crippen molar-refractivity contribution < 1.29 is 4.79 Å². The largest absolute Gasteiger partial charge is 0.356 e. The fourth-order valence-electron chi connectivity index (χ4n) is 3.18. The molecule has 1 unspecified atom stereocenters. The van der Waals surface area contributed by atoms with E-state index in [1.165, 1.54) is 6.42 Å². The molecule has 1 N–H and O–H groups in total. The lowest BCUT2D eigenvalue weighted by Crippen LogP contribution is -2.35. The van der Waals surface area contributed by atoms with Crippen LogP contribution in [0, 0.1) is 19.8 Å². The SMILES string of the molecule is Cc1nc(C(=O)Nc2ccc(Cl)cc2C)cc(N2CCCC(C)C2)n1. The number of benzene rings is 1. The molecule has 0 saturated carbocycles. The van der Waals surface area contributed by atoms with E-state index in [1.54, 1.807) is 18.2 Å². The first-order valence-electron chi connectivity index (χ1n) is 8.60. The Morgan fingerprint density at radius 2 is 2.08 bits per heavy atom. The zero-order valence-electron chi connectivity index (χ0n) is 14.8. The molecule has 2 heterocycles. The third-order valence-electron chi connectivity index (χ3n) is 4.47. The molecule has 1 aliphatic heterocycles. The molecule has 5 nitrogen and oxygen atoms in total. The summed E-state index contributed by atoms with van der Waals surface area (Å²) in [6, 6.07) is 7.17. The van der Waals surface area contributed by atoms with Crippen molar-refractivity contribution in [2.45, 2.75) is 33.6 Å². The molecule has 1 aromatic carbocycles. The van der Waals surface area contributed by atoms with Crippen LogP contribution in [0.25, 0.3) is 0 Å². The number of hydrogen-bond donors (Lipinski definition) is 1. The molecule has 3 rings (SSSR count). The summed E-state index contributed by atoms with van der Waals surface area (Å²) in [6.07, 6.45) is 2.39. The van der Waals surface area contributed by atoms with Crippen LogP contribution in [-0.2, 0) is 0 Å². The van der Waals surface area contributed by atoms with Crippen molar-refractivity contribution in [3.05, 3.63) is 46.4 Å². The molecule has 1 amide bonds. The van der Waals surface area contributed by atoms with Crippen LogP contribution in [0.2, 0.25) is 5.02 Å². The van der Waals surface area contributed by atoms with Gasteiger partial charge in [0.25, 0.3) is 5.91 Å². The quantitative estimate of drug-likeness (QED) is 0.891. The minimum atomic E-state index is -0.234. The molecule has 1 aromatic heterocycles. The molecule has 0 spiro atoms. The van der Waals surface area contributed by atoms with Gasteiger partial charge in [0, 0.05) is 29.9 Å². The van der Waals surface area contributed by atoms with Crippen molar-refractivity contribution in [1.82, 2.24) is 9.97 Å². The first kappa shape index (κ1) is 17.7. The normalized spacial score (nSPS) is 17.4. The summed E-state index contributed by atoms with van der Waals surface area (Å²) < 4.78 is 0. The number of anilines is 2. The van der Waals surface area contributed by atoms with Gasteiger partial charge in [-0.15, -0.1) is 0 Å². The highest BCUT2D eigenvalue weighted by Crippen LogP contribution is 2.23. The number of nitrogens with one attached hydrogen (secondary N) is 1. The Hall–Kier alpha value is -2.14. The Kier molecular flexibility index (Phi) is 5.23. The Labute approximate surface area is 153 Å². The number of piperidine rings is 1. The maximum atomic E-state index is 12.6. The van der Waals surface area contributed by atoms with E-state index >= 15 is 0 Å². The molecular formula is C19H23ClN4O. The minimum Gasteiger partial charge on any atom is -0.356 e. The zero-order chi connectivity index (χ0) is 18.0. The number of aryl methyl sites for hydroxylation is 2. The molecule has 6 heteroatoms. The number of carbonyl (C=O) groups is 1. The van der Waals surface area contributed by atoms with Gasteiger partial charge in [-0.3, -0.25) is 4.79 Å². The summed E-state index contributed by atoms with van der Waals surface area (Å²) in [5, 5.41) is 3.56. The summed E-state index contributed by atoms with van der Waals surface area (Å²) in [5.74, 6) is 1.84. The smallest absolute Gasteiger partial charge is 0.274 e. The summed E-state index contributed by atoms with van der Waals surface area (Å²) in [6.45, 7) is 7.91. The maximum absolute atomic E-state index is 12.6. The van der Waals surface area contributed by atoms with Crippen LogP contribution >= 0.6 is 11.6 Å². The predicted octanol–water partition coefficient (Wildman–Crippen LogP) is 4.24. The monoisotopic (exact) mass is 358 g/mol. The average Bonchev–Trinajstić information content (AvgIpc) is 2.57. The van der Waals surface area contributed by atoms with E-state index in [0.29, 0.717) is 22.5 Å². The second kappa shape index (κ2) is 7.40. The van der Waals surface area contributed by atoms with Gasteiger partial charge in [-0.25, -0.2) is 9.97 Å². The van der Waals surface area contributed by atoms with E-state index in [0.717, 1.165) is 36.6 Å². The standard InChI is InChI=1S/C19H23ClN4O/c1-12-5-4-8-24(11-12)18-10-17(21-14(3)22-18)19(25)23-16-7-6-15(20)9-13(16)2/h6-7,9-10,12H,4-5,8,11H2,1-3H3,(H,23,25). The van der Waals surface area contributed by atoms with Crippen LogP contribution in [0.4, 0.5) is 11.5 Å². The third-order valence-corrected chi connectivity index (χ3v) is 4.71. The highest BCUT2D eigenvalue weighted by Gasteiger charge is 2.20. The Balaban J connectivity index is 1.82. The van der Waals surface area contributed by atoms with Crippen molar-refractivity contribution in [2.24, 2.45) is 5.92 Å². The van der Waals surface area contributed by atoms with Crippen LogP contribution in [0.15, 0.2) is 24.3 Å². The second-order valence-corrected chi connectivity index (χ2v) is 7.20. The Morgan fingerprint density at radius 1 is 1.28 bits per heavy atom. The van der Waals surface area contributed by atoms with E-state index < -0.39 is 0 Å². The average molecular weight is 359 g/mol. The summed E-state index contributed by atoms with van der Waals surface area (Å²) in [7, 11) is 0. The Bertz CT molecular complexity index is 793. The molecule has 0 bridgehead atoms. The molecule has 25 heavy (non-hydrogen) atoms. The van der Waals surface area contributed by atoms with Gasteiger partial charge in [0.1, 0.15) is 17.3 Å². The van der Waals surface area contributed by atoms with Gasteiger partial charge in [0.2, 0.25) is 0 Å². The lowest BCUT2D eigenvalue weighted by Gasteiger charge is -2.32. The van der Waals surface area contributed by atoms with Crippen molar-refractivity contribution in [1.29, 1.82) is 0 Å². The summed E-state index contributed by atoms with van der Waals surface area (Å²) >= 11 is 5.97. The van der Waals surface area contributed by atoms with Crippen molar-refractivity contribution in [3.63, 3.8) is 0 Å². The lowest BCUT2D eigenvalue weighted by molar-refractivity contribution is 0.102. The van der Waals surface area contributed by atoms with Crippen LogP contribution in [0.3, 0.4) is 0 Å². The number of aromatic nitrogens is 2. The molecule has 1 fully saturated rings. The minimum absolute atomic E-state index is 0.234. The van der Waals surface area contributed by atoms with E-state index in [-0.39, 0.29) is 5.91 Å². The summed E-state index contributed by atoms with van der Waals surface area (Å²) in [4.78, 5) is 23.7. The van der Waals surface area contributed by atoms with Gasteiger partial charge in [0.05, 0.1) is 0 Å². The predicted molar refractivity (Wildman–Crippen MR) is 102 cm³/mol. The number of rotatable bonds is 3. The second-order valence-electron chi connectivity index (χ2n) is 6.77. The molecule has 1 saturated heterocycles. The van der Waals surface area contributed by atoms with Crippen LogP contribution < -0.4 is 10.2 Å². The number of halogens is 1. The third kappa shape index (κ3) is 4.28. The number of amides is 1. The van der Waals surface area contributed by atoms with Gasteiger partial charge >= 0.3 is 0 Å². The van der Waals surface area contributed by atoms with Crippen molar-refractivity contribution >= 4 is 29.0 Å². The molecule has 0 radical (unpaired) electrons. The fraction of sp³-hybridized carbons (Fsp3) is 0.421. The first-order chi connectivity index (χ1) is 11.9.